The highest BCUT2D eigenvalue weighted by atomic mass is 16.5. The normalized spacial score (nSPS) is 15.0. The van der Waals surface area contributed by atoms with Crippen molar-refractivity contribution in [3.8, 4) is 11.1 Å². The maximum atomic E-state index is 13.0. The minimum Gasteiger partial charge on any atom is -0.381 e. The Bertz CT molecular complexity index is 931. The van der Waals surface area contributed by atoms with Gasteiger partial charge in [-0.25, -0.2) is 0 Å². The summed E-state index contributed by atoms with van der Waals surface area (Å²) in [7, 11) is 0. The van der Waals surface area contributed by atoms with Crippen LogP contribution in [-0.2, 0) is 4.74 Å². The maximum Gasteiger partial charge on any atom is 0.254 e. The number of rotatable bonds is 4. The lowest BCUT2D eigenvalue weighted by atomic mass is 10.0. The van der Waals surface area contributed by atoms with Crippen LogP contribution in [0.25, 0.3) is 22.0 Å². The fourth-order valence-corrected chi connectivity index (χ4v) is 3.79. The summed E-state index contributed by atoms with van der Waals surface area (Å²) in [5.41, 5.74) is 3.97. The molecule has 4 rings (SSSR count). The van der Waals surface area contributed by atoms with Gasteiger partial charge in [-0.1, -0.05) is 24.3 Å². The lowest BCUT2D eigenvalue weighted by Crippen LogP contribution is -2.43. The lowest BCUT2D eigenvalue weighted by Gasteiger charge is -2.33. The quantitative estimate of drug-likeness (QED) is 0.686. The molecule has 1 aliphatic heterocycles. The van der Waals surface area contributed by atoms with Gasteiger partial charge in [0.1, 0.15) is 0 Å². The zero-order valence-corrected chi connectivity index (χ0v) is 15.6. The second kappa shape index (κ2) is 7.89. The van der Waals surface area contributed by atoms with Crippen LogP contribution in [0.15, 0.2) is 60.8 Å². The van der Waals surface area contributed by atoms with Crippen LogP contribution in [0.2, 0.25) is 0 Å². The number of hydrogen-bond acceptors (Lipinski definition) is 3. The van der Waals surface area contributed by atoms with Gasteiger partial charge in [0.05, 0.1) is 5.52 Å². The third-order valence-electron chi connectivity index (χ3n) is 5.30. The Hall–Kier alpha value is -2.72. The number of amides is 1. The Labute approximate surface area is 159 Å². The van der Waals surface area contributed by atoms with Gasteiger partial charge in [0, 0.05) is 42.9 Å². The van der Waals surface area contributed by atoms with Crippen LogP contribution in [0.4, 0.5) is 0 Å². The number of nitrogens with zero attached hydrogens (tertiary/aromatic N) is 2. The summed E-state index contributed by atoms with van der Waals surface area (Å²) in [6.07, 6.45) is 3.64. The minimum absolute atomic E-state index is 0.110. The molecule has 2 aromatic carbocycles. The Morgan fingerprint density at radius 2 is 1.81 bits per heavy atom. The maximum absolute atomic E-state index is 13.0. The third-order valence-corrected chi connectivity index (χ3v) is 5.30. The molecule has 4 heteroatoms. The first-order valence-electron chi connectivity index (χ1n) is 9.60. The Morgan fingerprint density at radius 3 is 2.56 bits per heavy atom. The van der Waals surface area contributed by atoms with E-state index in [1.165, 1.54) is 0 Å². The summed E-state index contributed by atoms with van der Waals surface area (Å²) in [6, 6.07) is 18.5. The monoisotopic (exact) mass is 360 g/mol. The second-order valence-electron chi connectivity index (χ2n) is 6.92. The van der Waals surface area contributed by atoms with Gasteiger partial charge in [-0.05, 0) is 61.2 Å². The van der Waals surface area contributed by atoms with Gasteiger partial charge in [-0.2, -0.15) is 0 Å². The molecule has 1 amide bonds. The van der Waals surface area contributed by atoms with Gasteiger partial charge in [0.2, 0.25) is 0 Å². The van der Waals surface area contributed by atoms with Crippen molar-refractivity contribution in [3.05, 3.63) is 66.4 Å². The average Bonchev–Trinajstić information content (AvgIpc) is 2.75. The van der Waals surface area contributed by atoms with Crippen molar-refractivity contribution in [1.29, 1.82) is 0 Å². The predicted octanol–water partition coefficient (Wildman–Crippen LogP) is 4.54. The summed E-state index contributed by atoms with van der Waals surface area (Å²) < 4.78 is 5.43. The van der Waals surface area contributed by atoms with Crippen LogP contribution in [0.3, 0.4) is 0 Å². The van der Waals surface area contributed by atoms with Crippen LogP contribution in [0.1, 0.15) is 30.1 Å². The number of ether oxygens (including phenoxy) is 1. The molecular formula is C23H24N2O2. The van der Waals surface area contributed by atoms with E-state index in [4.69, 9.17) is 4.74 Å². The first-order chi connectivity index (χ1) is 13.3. The first-order valence-corrected chi connectivity index (χ1v) is 9.60. The van der Waals surface area contributed by atoms with Crippen molar-refractivity contribution in [3.63, 3.8) is 0 Å². The zero-order valence-electron chi connectivity index (χ0n) is 15.6. The molecule has 0 spiro atoms. The Morgan fingerprint density at radius 1 is 1.07 bits per heavy atom. The first kappa shape index (κ1) is 17.7. The fraction of sp³-hybridized carbons (Fsp3) is 0.304. The molecule has 0 unspecified atom stereocenters. The van der Waals surface area contributed by atoms with E-state index in [2.05, 4.69) is 23.2 Å². The number of pyridine rings is 1. The van der Waals surface area contributed by atoms with Crippen LogP contribution >= 0.6 is 0 Å². The predicted molar refractivity (Wildman–Crippen MR) is 108 cm³/mol. The van der Waals surface area contributed by atoms with E-state index in [9.17, 15) is 4.79 Å². The number of aromatic nitrogens is 1. The molecule has 1 aromatic heterocycles. The number of fused-ring (bicyclic) bond motifs is 1. The smallest absolute Gasteiger partial charge is 0.254 e. The van der Waals surface area contributed by atoms with Gasteiger partial charge in [0.25, 0.3) is 5.91 Å². The number of carbonyl (C=O) groups is 1. The molecule has 0 radical (unpaired) electrons. The molecule has 0 aliphatic carbocycles. The number of hydrogen-bond donors (Lipinski definition) is 0. The molecule has 1 aliphatic rings. The molecule has 1 saturated heterocycles. The largest absolute Gasteiger partial charge is 0.381 e. The van der Waals surface area contributed by atoms with Gasteiger partial charge in [0.15, 0.2) is 0 Å². The van der Waals surface area contributed by atoms with E-state index in [0.29, 0.717) is 0 Å². The molecule has 3 aromatic rings. The summed E-state index contributed by atoms with van der Waals surface area (Å²) in [5.74, 6) is 0.110. The Balaban J connectivity index is 1.56. The van der Waals surface area contributed by atoms with E-state index in [0.717, 1.165) is 60.2 Å². The van der Waals surface area contributed by atoms with Gasteiger partial charge in [-0.15, -0.1) is 0 Å². The summed E-state index contributed by atoms with van der Waals surface area (Å²) >= 11 is 0. The number of benzene rings is 2. The second-order valence-corrected chi connectivity index (χ2v) is 6.92. The van der Waals surface area contributed by atoms with Crippen molar-refractivity contribution in [2.45, 2.75) is 25.8 Å². The summed E-state index contributed by atoms with van der Waals surface area (Å²) in [4.78, 5) is 19.3. The van der Waals surface area contributed by atoms with E-state index >= 15 is 0 Å². The standard InChI is InChI=1S/C23H24N2O2/c1-2-25(21-11-14-27-15-12-21)23(26)18-7-5-17(6-8-18)19-9-10-22-20(16-19)4-3-13-24-22/h3-10,13,16,21H,2,11-12,14-15H2,1H3. The van der Waals surface area contributed by atoms with Gasteiger partial charge in [-0.3, -0.25) is 9.78 Å². The number of carbonyl (C=O) groups excluding carboxylic acids is 1. The van der Waals surface area contributed by atoms with Crippen molar-refractivity contribution < 1.29 is 9.53 Å². The summed E-state index contributed by atoms with van der Waals surface area (Å²) in [6.45, 7) is 4.25. The van der Waals surface area contributed by atoms with Gasteiger partial charge >= 0.3 is 0 Å². The van der Waals surface area contributed by atoms with E-state index in [1.807, 2.05) is 48.2 Å². The Kier molecular flexibility index (Phi) is 5.16. The molecule has 4 nitrogen and oxygen atoms in total. The third kappa shape index (κ3) is 3.71. The lowest BCUT2D eigenvalue weighted by molar-refractivity contribution is 0.0305. The molecule has 0 bridgehead atoms. The van der Waals surface area contributed by atoms with E-state index < -0.39 is 0 Å². The molecular weight excluding hydrogens is 336 g/mol. The molecule has 0 saturated carbocycles. The molecule has 27 heavy (non-hydrogen) atoms. The average molecular weight is 360 g/mol. The highest BCUT2D eigenvalue weighted by Gasteiger charge is 2.25. The van der Waals surface area contributed by atoms with Crippen molar-refractivity contribution in [1.82, 2.24) is 9.88 Å². The van der Waals surface area contributed by atoms with Crippen molar-refractivity contribution in [2.24, 2.45) is 0 Å². The van der Waals surface area contributed by atoms with Crippen molar-refractivity contribution in [2.75, 3.05) is 19.8 Å². The molecule has 2 heterocycles. The zero-order chi connectivity index (χ0) is 18.6. The molecule has 0 atom stereocenters. The SMILES string of the molecule is CCN(C(=O)c1ccc(-c2ccc3ncccc3c2)cc1)C1CCOCC1. The van der Waals surface area contributed by atoms with Crippen LogP contribution in [0.5, 0.6) is 0 Å². The molecule has 1 fully saturated rings. The van der Waals surface area contributed by atoms with Crippen LogP contribution in [-0.4, -0.2) is 41.6 Å². The van der Waals surface area contributed by atoms with E-state index in [-0.39, 0.29) is 11.9 Å². The molecule has 138 valence electrons. The topological polar surface area (TPSA) is 42.4 Å². The van der Waals surface area contributed by atoms with Crippen LogP contribution < -0.4 is 0 Å². The fourth-order valence-electron chi connectivity index (χ4n) is 3.79. The molecule has 0 N–H and O–H groups in total. The van der Waals surface area contributed by atoms with E-state index in [1.54, 1.807) is 6.20 Å². The van der Waals surface area contributed by atoms with Gasteiger partial charge < -0.3 is 9.64 Å². The highest BCUT2D eigenvalue weighted by molar-refractivity contribution is 5.95. The summed E-state index contributed by atoms with van der Waals surface area (Å²) in [5, 5.41) is 1.12. The van der Waals surface area contributed by atoms with Crippen LogP contribution in [0, 0.1) is 0 Å². The highest BCUT2D eigenvalue weighted by Crippen LogP contribution is 2.25. The minimum atomic E-state index is 0.110. The van der Waals surface area contributed by atoms with Crippen molar-refractivity contribution >= 4 is 16.8 Å².